The molecule has 1 heterocycles. The van der Waals surface area contributed by atoms with Crippen molar-refractivity contribution in [1.29, 1.82) is 0 Å². The molecule has 0 saturated carbocycles. The predicted octanol–water partition coefficient (Wildman–Crippen LogP) is -0.0795. The molecule has 1 rings (SSSR count). The Bertz CT molecular complexity index is 180. The summed E-state index contributed by atoms with van der Waals surface area (Å²) in [6.07, 6.45) is -2.61. The van der Waals surface area contributed by atoms with Crippen LogP contribution in [0.1, 0.15) is 20.8 Å². The summed E-state index contributed by atoms with van der Waals surface area (Å²) >= 11 is 0. The van der Waals surface area contributed by atoms with Crippen LogP contribution in [0, 0.1) is 0 Å². The molecule has 0 radical (unpaired) electrons. The smallest absolute Gasteiger partial charge is 0.114 e. The third kappa shape index (κ3) is 1.86. The van der Waals surface area contributed by atoms with Crippen LogP contribution in [0.15, 0.2) is 0 Å². The predicted molar refractivity (Wildman–Crippen MR) is 47.4 cm³/mol. The van der Waals surface area contributed by atoms with Crippen molar-refractivity contribution in [3.63, 3.8) is 0 Å². The lowest BCUT2D eigenvalue weighted by Gasteiger charge is -2.46. The molecule has 78 valence electrons. The zero-order valence-electron chi connectivity index (χ0n) is 8.52. The van der Waals surface area contributed by atoms with Crippen molar-refractivity contribution in [2.45, 2.75) is 50.8 Å². The minimum Gasteiger partial charge on any atom is -0.388 e. The Morgan fingerprint density at radius 2 is 1.77 bits per heavy atom. The van der Waals surface area contributed by atoms with Gasteiger partial charge in [-0.05, 0) is 20.8 Å². The Hall–Kier alpha value is -0.160. The number of aliphatic hydroxyl groups is 2. The van der Waals surface area contributed by atoms with Crippen LogP contribution in [0.3, 0.4) is 0 Å². The van der Waals surface area contributed by atoms with Crippen LogP contribution in [-0.2, 0) is 9.47 Å². The molecule has 13 heavy (non-hydrogen) atoms. The van der Waals surface area contributed by atoms with Gasteiger partial charge in [0.1, 0.15) is 18.3 Å². The molecule has 0 aromatic carbocycles. The van der Waals surface area contributed by atoms with E-state index in [4.69, 9.17) is 9.47 Å². The highest BCUT2D eigenvalue weighted by atomic mass is 16.6. The molecule has 2 N–H and O–H groups in total. The number of rotatable bonds is 1. The topological polar surface area (TPSA) is 58.9 Å². The van der Waals surface area contributed by atoms with Crippen LogP contribution < -0.4 is 0 Å². The van der Waals surface area contributed by atoms with E-state index < -0.39 is 23.9 Å². The fourth-order valence-electron chi connectivity index (χ4n) is 1.91. The lowest BCUT2D eigenvalue weighted by atomic mass is 9.88. The van der Waals surface area contributed by atoms with Crippen molar-refractivity contribution >= 4 is 0 Å². The Morgan fingerprint density at radius 3 is 2.23 bits per heavy atom. The second kappa shape index (κ2) is 3.53. The molecule has 4 heteroatoms. The van der Waals surface area contributed by atoms with E-state index in [-0.39, 0.29) is 6.10 Å². The standard InChI is InChI=1S/C9H18O4/c1-5-6(10)7(11)8(12-4)9(2,3)13-5/h5-8,10-11H,1-4H3/t5-,6+,7?,8+/m0/s1. The fourth-order valence-corrected chi connectivity index (χ4v) is 1.91. The van der Waals surface area contributed by atoms with Gasteiger partial charge < -0.3 is 19.7 Å². The average molecular weight is 190 g/mol. The van der Waals surface area contributed by atoms with E-state index >= 15 is 0 Å². The molecule has 0 aromatic rings. The Kier molecular flexibility index (Phi) is 2.97. The van der Waals surface area contributed by atoms with Gasteiger partial charge in [0.05, 0.1) is 11.7 Å². The molecule has 1 unspecified atom stereocenters. The number of aliphatic hydroxyl groups excluding tert-OH is 2. The third-order valence-electron chi connectivity index (χ3n) is 2.57. The zero-order chi connectivity index (χ0) is 10.2. The van der Waals surface area contributed by atoms with Gasteiger partial charge in [-0.2, -0.15) is 0 Å². The van der Waals surface area contributed by atoms with Gasteiger partial charge in [0.25, 0.3) is 0 Å². The molecule has 1 saturated heterocycles. The first kappa shape index (κ1) is 10.9. The molecule has 0 aliphatic carbocycles. The quantitative estimate of drug-likeness (QED) is 0.607. The number of hydrogen-bond acceptors (Lipinski definition) is 4. The molecule has 0 amide bonds. The second-order valence-corrected chi connectivity index (χ2v) is 4.06. The van der Waals surface area contributed by atoms with Gasteiger partial charge in [0, 0.05) is 7.11 Å². The Morgan fingerprint density at radius 1 is 1.23 bits per heavy atom. The first-order chi connectivity index (χ1) is 5.90. The van der Waals surface area contributed by atoms with Crippen LogP contribution in [0.4, 0.5) is 0 Å². The molecule has 0 aromatic heterocycles. The van der Waals surface area contributed by atoms with Gasteiger partial charge in [0.15, 0.2) is 0 Å². The van der Waals surface area contributed by atoms with Crippen molar-refractivity contribution in [2.24, 2.45) is 0 Å². The molecule has 4 atom stereocenters. The summed E-state index contributed by atoms with van der Waals surface area (Å²) in [6, 6.07) is 0. The van der Waals surface area contributed by atoms with Gasteiger partial charge in [-0.15, -0.1) is 0 Å². The summed E-state index contributed by atoms with van der Waals surface area (Å²) < 4.78 is 10.6. The lowest BCUT2D eigenvalue weighted by Crippen LogP contribution is -2.61. The lowest BCUT2D eigenvalue weighted by molar-refractivity contribution is -0.258. The van der Waals surface area contributed by atoms with E-state index in [0.717, 1.165) is 0 Å². The summed E-state index contributed by atoms with van der Waals surface area (Å²) in [5.41, 5.74) is -0.563. The maximum absolute atomic E-state index is 9.69. The van der Waals surface area contributed by atoms with E-state index in [1.165, 1.54) is 7.11 Å². The van der Waals surface area contributed by atoms with E-state index in [1.807, 2.05) is 13.8 Å². The van der Waals surface area contributed by atoms with E-state index in [1.54, 1.807) is 6.92 Å². The summed E-state index contributed by atoms with van der Waals surface area (Å²) in [5, 5.41) is 19.2. The third-order valence-corrected chi connectivity index (χ3v) is 2.57. The molecular formula is C9H18O4. The monoisotopic (exact) mass is 190 g/mol. The maximum Gasteiger partial charge on any atom is 0.114 e. The largest absolute Gasteiger partial charge is 0.388 e. The number of methoxy groups -OCH3 is 1. The highest BCUT2D eigenvalue weighted by molar-refractivity contribution is 4.96. The summed E-state index contributed by atoms with van der Waals surface area (Å²) in [7, 11) is 1.50. The summed E-state index contributed by atoms with van der Waals surface area (Å²) in [4.78, 5) is 0. The highest BCUT2D eigenvalue weighted by Crippen LogP contribution is 2.30. The Balaban J connectivity index is 2.82. The van der Waals surface area contributed by atoms with Crippen molar-refractivity contribution in [1.82, 2.24) is 0 Å². The molecule has 0 bridgehead atoms. The molecular weight excluding hydrogens is 172 g/mol. The van der Waals surface area contributed by atoms with Gasteiger partial charge >= 0.3 is 0 Å². The molecule has 1 fully saturated rings. The Labute approximate surface area is 78.5 Å². The van der Waals surface area contributed by atoms with Gasteiger partial charge in [-0.3, -0.25) is 0 Å². The highest BCUT2D eigenvalue weighted by Gasteiger charge is 2.47. The van der Waals surface area contributed by atoms with Crippen molar-refractivity contribution < 1.29 is 19.7 Å². The van der Waals surface area contributed by atoms with Crippen LogP contribution in [0.5, 0.6) is 0 Å². The van der Waals surface area contributed by atoms with Crippen molar-refractivity contribution in [3.05, 3.63) is 0 Å². The van der Waals surface area contributed by atoms with Crippen molar-refractivity contribution in [2.75, 3.05) is 7.11 Å². The van der Waals surface area contributed by atoms with Gasteiger partial charge in [0.2, 0.25) is 0 Å². The van der Waals surface area contributed by atoms with Crippen LogP contribution in [0.25, 0.3) is 0 Å². The molecule has 1 aliphatic heterocycles. The van der Waals surface area contributed by atoms with E-state index in [2.05, 4.69) is 0 Å². The van der Waals surface area contributed by atoms with Gasteiger partial charge in [-0.25, -0.2) is 0 Å². The number of ether oxygens (including phenoxy) is 2. The SMILES string of the molecule is CO[C@@H]1C(O)[C@H](O)[C@H](C)OC1(C)C. The van der Waals surface area contributed by atoms with Crippen molar-refractivity contribution in [3.8, 4) is 0 Å². The average Bonchev–Trinajstić information content (AvgIpc) is 2.00. The molecule has 1 aliphatic rings. The minimum absolute atomic E-state index is 0.364. The van der Waals surface area contributed by atoms with E-state index in [0.29, 0.717) is 0 Å². The summed E-state index contributed by atoms with van der Waals surface area (Å²) in [6.45, 7) is 5.42. The zero-order valence-corrected chi connectivity index (χ0v) is 8.52. The second-order valence-electron chi connectivity index (χ2n) is 4.06. The maximum atomic E-state index is 9.69. The van der Waals surface area contributed by atoms with Gasteiger partial charge in [-0.1, -0.05) is 0 Å². The van der Waals surface area contributed by atoms with Crippen LogP contribution in [-0.4, -0.2) is 47.3 Å². The molecule has 0 spiro atoms. The molecule has 4 nitrogen and oxygen atoms in total. The van der Waals surface area contributed by atoms with Crippen LogP contribution >= 0.6 is 0 Å². The van der Waals surface area contributed by atoms with E-state index in [9.17, 15) is 10.2 Å². The summed E-state index contributed by atoms with van der Waals surface area (Å²) in [5.74, 6) is 0. The number of hydrogen-bond donors (Lipinski definition) is 2. The fraction of sp³-hybridized carbons (Fsp3) is 1.00. The first-order valence-electron chi connectivity index (χ1n) is 4.47. The minimum atomic E-state index is -0.885. The normalized spacial score (nSPS) is 44.8. The first-order valence-corrected chi connectivity index (χ1v) is 4.47. The van der Waals surface area contributed by atoms with Crippen LogP contribution in [0.2, 0.25) is 0 Å².